The molecule has 1 heterocycles. The van der Waals surface area contributed by atoms with Gasteiger partial charge in [0.25, 0.3) is 5.91 Å². The second kappa shape index (κ2) is 6.73. The Labute approximate surface area is 133 Å². The van der Waals surface area contributed by atoms with Crippen molar-refractivity contribution in [2.75, 3.05) is 0 Å². The topological polar surface area (TPSA) is 95.1 Å². The van der Waals surface area contributed by atoms with Crippen LogP contribution in [0.15, 0.2) is 35.2 Å². The van der Waals surface area contributed by atoms with Gasteiger partial charge in [-0.2, -0.15) is 0 Å². The fourth-order valence-electron chi connectivity index (χ4n) is 1.70. The predicted molar refractivity (Wildman–Crippen MR) is 80.3 cm³/mol. The first-order valence-corrected chi connectivity index (χ1v) is 7.10. The van der Waals surface area contributed by atoms with E-state index in [1.165, 1.54) is 18.6 Å². The number of amides is 1. The van der Waals surface area contributed by atoms with Crippen molar-refractivity contribution in [3.63, 3.8) is 0 Å². The molecule has 110 valence electrons. The summed E-state index contributed by atoms with van der Waals surface area (Å²) in [6.07, 6.45) is 3.08. The Morgan fingerprint density at radius 2 is 2.24 bits per heavy atom. The van der Waals surface area contributed by atoms with Crippen molar-refractivity contribution in [3.8, 4) is 0 Å². The Balaban J connectivity index is 2.10. The summed E-state index contributed by atoms with van der Waals surface area (Å²) in [7, 11) is 0. The number of carboxylic acid groups (broad SMARTS) is 1. The highest BCUT2D eigenvalue weighted by Gasteiger charge is 2.22. The molecule has 3 N–H and O–H groups in total. The number of hydrogen-bond donors (Lipinski definition) is 3. The van der Waals surface area contributed by atoms with Crippen LogP contribution in [-0.4, -0.2) is 33.0 Å². The third-order valence-corrected chi connectivity index (χ3v) is 4.00. The molecule has 1 aromatic heterocycles. The molecule has 2 aromatic rings. The first kappa shape index (κ1) is 15.5. The Bertz CT molecular complexity index is 661. The van der Waals surface area contributed by atoms with Gasteiger partial charge in [-0.1, -0.05) is 11.6 Å². The SMILES string of the molecule is O=C(N[C@H](Cc1cnc[nH]1)C(=O)O)c1ccc(Br)c(Cl)c1. The molecule has 2 rings (SSSR count). The number of halogens is 2. The number of nitrogens with zero attached hydrogens (tertiary/aromatic N) is 1. The highest BCUT2D eigenvalue weighted by molar-refractivity contribution is 9.10. The van der Waals surface area contributed by atoms with Crippen molar-refractivity contribution in [2.24, 2.45) is 0 Å². The van der Waals surface area contributed by atoms with Crippen LogP contribution in [0.3, 0.4) is 0 Å². The average molecular weight is 373 g/mol. The molecule has 0 saturated heterocycles. The molecule has 0 aliphatic carbocycles. The molecule has 0 spiro atoms. The summed E-state index contributed by atoms with van der Waals surface area (Å²) < 4.78 is 0.660. The molecule has 8 heteroatoms. The highest BCUT2D eigenvalue weighted by atomic mass is 79.9. The van der Waals surface area contributed by atoms with Crippen molar-refractivity contribution in [1.29, 1.82) is 0 Å². The number of hydrogen-bond acceptors (Lipinski definition) is 3. The predicted octanol–water partition coefficient (Wildman–Crippen LogP) is 2.25. The van der Waals surface area contributed by atoms with E-state index >= 15 is 0 Å². The van der Waals surface area contributed by atoms with Gasteiger partial charge < -0.3 is 15.4 Å². The van der Waals surface area contributed by atoms with Gasteiger partial charge >= 0.3 is 5.97 Å². The van der Waals surface area contributed by atoms with Crippen molar-refractivity contribution < 1.29 is 14.7 Å². The Kier molecular flexibility index (Phi) is 4.98. The molecule has 0 aliphatic rings. The number of aromatic nitrogens is 2. The molecule has 0 bridgehead atoms. The zero-order valence-corrected chi connectivity index (χ0v) is 13.0. The third kappa shape index (κ3) is 4.05. The largest absolute Gasteiger partial charge is 0.480 e. The van der Waals surface area contributed by atoms with Gasteiger partial charge in [-0.05, 0) is 34.1 Å². The highest BCUT2D eigenvalue weighted by Crippen LogP contribution is 2.23. The van der Waals surface area contributed by atoms with Crippen LogP contribution in [0.4, 0.5) is 0 Å². The molecule has 6 nitrogen and oxygen atoms in total. The summed E-state index contributed by atoms with van der Waals surface area (Å²) in [6, 6.07) is 3.60. The molecule has 1 atom stereocenters. The van der Waals surface area contributed by atoms with Gasteiger partial charge in [-0.3, -0.25) is 4.79 Å². The van der Waals surface area contributed by atoms with Gasteiger partial charge in [0.2, 0.25) is 0 Å². The first-order chi connectivity index (χ1) is 9.97. The van der Waals surface area contributed by atoms with Crippen LogP contribution >= 0.6 is 27.5 Å². The lowest BCUT2D eigenvalue weighted by Gasteiger charge is -2.14. The Morgan fingerprint density at radius 3 is 2.81 bits per heavy atom. The number of carbonyl (C=O) groups is 2. The summed E-state index contributed by atoms with van der Waals surface area (Å²) in [5.41, 5.74) is 0.913. The average Bonchev–Trinajstić information content (AvgIpc) is 2.93. The maximum atomic E-state index is 12.1. The maximum absolute atomic E-state index is 12.1. The van der Waals surface area contributed by atoms with Crippen molar-refractivity contribution in [2.45, 2.75) is 12.5 Å². The van der Waals surface area contributed by atoms with Gasteiger partial charge in [0, 0.05) is 28.3 Å². The van der Waals surface area contributed by atoms with Crippen LogP contribution in [0.5, 0.6) is 0 Å². The third-order valence-electron chi connectivity index (χ3n) is 2.76. The van der Waals surface area contributed by atoms with Crippen molar-refractivity contribution in [3.05, 3.63) is 51.5 Å². The standard InChI is InChI=1S/C13H11BrClN3O3/c14-9-2-1-7(3-10(9)15)12(19)18-11(13(20)21)4-8-5-16-6-17-8/h1-3,5-6,11H,4H2,(H,16,17)(H,18,19)(H,20,21)/t11-/m1/s1. The van der Waals surface area contributed by atoms with Gasteiger partial charge in [-0.15, -0.1) is 0 Å². The number of benzene rings is 1. The minimum atomic E-state index is -1.12. The summed E-state index contributed by atoms with van der Waals surface area (Å²) in [5, 5.41) is 12.0. The van der Waals surface area contributed by atoms with Crippen LogP contribution in [0.1, 0.15) is 16.1 Å². The molecule has 0 saturated carbocycles. The van der Waals surface area contributed by atoms with Gasteiger partial charge in [0.05, 0.1) is 11.3 Å². The molecular weight excluding hydrogens is 362 g/mol. The normalized spacial score (nSPS) is 11.9. The second-order valence-corrected chi connectivity index (χ2v) is 5.54. The lowest BCUT2D eigenvalue weighted by atomic mass is 10.1. The summed E-state index contributed by atoms with van der Waals surface area (Å²) in [4.78, 5) is 29.9. The molecule has 21 heavy (non-hydrogen) atoms. The summed E-state index contributed by atoms with van der Waals surface area (Å²) in [5.74, 6) is -1.63. The number of carboxylic acids is 1. The van der Waals surface area contributed by atoms with E-state index in [0.717, 1.165) is 0 Å². The van der Waals surface area contributed by atoms with E-state index < -0.39 is 17.9 Å². The number of aromatic amines is 1. The number of nitrogens with one attached hydrogen (secondary N) is 2. The summed E-state index contributed by atoms with van der Waals surface area (Å²) in [6.45, 7) is 0. The van der Waals surface area contributed by atoms with Gasteiger partial charge in [0.15, 0.2) is 0 Å². The zero-order valence-electron chi connectivity index (χ0n) is 10.6. The van der Waals surface area contributed by atoms with E-state index in [0.29, 0.717) is 20.8 Å². The van der Waals surface area contributed by atoms with Gasteiger partial charge in [-0.25, -0.2) is 9.78 Å². The number of H-pyrrole nitrogens is 1. The van der Waals surface area contributed by atoms with Crippen LogP contribution in [-0.2, 0) is 11.2 Å². The van der Waals surface area contributed by atoms with Crippen LogP contribution in [0.2, 0.25) is 5.02 Å². The number of rotatable bonds is 5. The minimum absolute atomic E-state index is 0.116. The number of imidazole rings is 1. The lowest BCUT2D eigenvalue weighted by molar-refractivity contribution is -0.139. The molecule has 0 radical (unpaired) electrons. The zero-order chi connectivity index (χ0) is 15.4. The molecular formula is C13H11BrClN3O3. The fraction of sp³-hybridized carbons (Fsp3) is 0.154. The van der Waals surface area contributed by atoms with E-state index in [1.807, 2.05) is 0 Å². The molecule has 1 amide bonds. The number of carbonyl (C=O) groups excluding carboxylic acids is 1. The van der Waals surface area contributed by atoms with Crippen molar-refractivity contribution >= 4 is 39.4 Å². The molecule has 0 fully saturated rings. The molecule has 0 aliphatic heterocycles. The lowest BCUT2D eigenvalue weighted by Crippen LogP contribution is -2.42. The van der Waals surface area contributed by atoms with E-state index in [2.05, 4.69) is 31.2 Å². The minimum Gasteiger partial charge on any atom is -0.480 e. The molecule has 1 aromatic carbocycles. The Hall–Kier alpha value is -1.86. The summed E-state index contributed by atoms with van der Waals surface area (Å²) >= 11 is 9.14. The van der Waals surface area contributed by atoms with Crippen LogP contribution in [0, 0.1) is 0 Å². The van der Waals surface area contributed by atoms with Crippen LogP contribution < -0.4 is 5.32 Å². The monoisotopic (exact) mass is 371 g/mol. The number of aliphatic carboxylic acids is 1. The van der Waals surface area contributed by atoms with Gasteiger partial charge in [0.1, 0.15) is 6.04 Å². The van der Waals surface area contributed by atoms with E-state index in [9.17, 15) is 14.7 Å². The molecule has 0 unspecified atom stereocenters. The van der Waals surface area contributed by atoms with Crippen molar-refractivity contribution in [1.82, 2.24) is 15.3 Å². The van der Waals surface area contributed by atoms with E-state index in [-0.39, 0.29) is 6.42 Å². The van der Waals surface area contributed by atoms with E-state index in [4.69, 9.17) is 11.6 Å². The smallest absolute Gasteiger partial charge is 0.326 e. The maximum Gasteiger partial charge on any atom is 0.326 e. The second-order valence-electron chi connectivity index (χ2n) is 4.27. The first-order valence-electron chi connectivity index (χ1n) is 5.93. The Morgan fingerprint density at radius 1 is 1.48 bits per heavy atom. The fourth-order valence-corrected chi connectivity index (χ4v) is 2.12. The quantitative estimate of drug-likeness (QED) is 0.750. The van der Waals surface area contributed by atoms with Crippen LogP contribution in [0.25, 0.3) is 0 Å². The van der Waals surface area contributed by atoms with E-state index in [1.54, 1.807) is 12.1 Å².